The van der Waals surface area contributed by atoms with E-state index in [1.165, 1.54) is 6.92 Å². The Hall–Kier alpha value is 14.6. The molecule has 0 aromatic heterocycles. The standard InChI is InChI=1S/C18H28O7.8CH4.15Y/c1-9(13(19)20)10(14(21)22)8-18(5,6)12-11(7-17(2,3)4)15(23)25-16(12)24;;;;;;;;;;;;;;;;;;;;;;;/h9-12H,7-8H2,1-6H3,(H,19,20)(H,21,22);8*1H4;;;;;;;;;;;;;;;. The van der Waals surface area contributed by atoms with Gasteiger partial charge in [0.1, 0.15) is 0 Å². The molecule has 1 aliphatic heterocycles. The summed E-state index contributed by atoms with van der Waals surface area (Å²) in [6.45, 7) is 10.6. The Kier molecular flexibility index (Phi) is 249. The van der Waals surface area contributed by atoms with Crippen LogP contribution in [0.2, 0.25) is 0 Å². The van der Waals surface area contributed by atoms with Crippen LogP contribution in [0, 0.1) is 34.5 Å². The van der Waals surface area contributed by atoms with Gasteiger partial charge in [-0.3, -0.25) is 19.2 Å². The fourth-order valence-electron chi connectivity index (χ4n) is 3.61. The van der Waals surface area contributed by atoms with Crippen LogP contribution in [0.25, 0.3) is 0 Å². The van der Waals surface area contributed by atoms with Crippen LogP contribution in [0.5, 0.6) is 0 Å². The maximum Gasteiger partial charge on any atom is 0.318 e. The zero-order valence-corrected chi connectivity index (χ0v) is 66.9. The number of hydrogen-bond donors (Lipinski definition) is 2. The molecule has 1 fully saturated rings. The third-order valence-electron chi connectivity index (χ3n) is 4.89. The Labute approximate surface area is 677 Å². The van der Waals surface area contributed by atoms with E-state index in [0.29, 0.717) is 6.42 Å². The monoisotopic (exact) mass is 1820 g/mol. The second-order valence-electron chi connectivity index (χ2n) is 8.85. The van der Waals surface area contributed by atoms with Crippen LogP contribution in [0.1, 0.15) is 114 Å². The molecule has 0 spiro atoms. The van der Waals surface area contributed by atoms with Gasteiger partial charge in [-0.2, -0.15) is 0 Å². The number of ether oxygens (including phenoxy) is 1. The van der Waals surface area contributed by atoms with Gasteiger partial charge in [0.05, 0.1) is 23.7 Å². The van der Waals surface area contributed by atoms with Gasteiger partial charge in [0.15, 0.2) is 0 Å². The molecule has 251 valence electrons. The molecule has 48 heavy (non-hydrogen) atoms. The minimum atomic E-state index is -1.23. The van der Waals surface area contributed by atoms with Crippen LogP contribution >= 0.6 is 0 Å². The Morgan fingerprint density at radius 3 is 1.06 bits per heavy atom. The molecule has 0 aromatic rings. The van der Waals surface area contributed by atoms with Crippen LogP contribution in [0.3, 0.4) is 0 Å². The smallest absolute Gasteiger partial charge is 0.318 e. The number of carbonyl (C=O) groups excluding carboxylic acids is 2. The third kappa shape index (κ3) is 62.7. The van der Waals surface area contributed by atoms with E-state index >= 15 is 0 Å². The number of carboxylic acid groups (broad SMARTS) is 2. The van der Waals surface area contributed by atoms with E-state index in [0.717, 1.165) is 0 Å². The van der Waals surface area contributed by atoms with Gasteiger partial charge < -0.3 is 14.9 Å². The van der Waals surface area contributed by atoms with Crippen molar-refractivity contribution in [3.63, 3.8) is 0 Å². The Morgan fingerprint density at radius 2 is 0.854 bits per heavy atom. The van der Waals surface area contributed by atoms with E-state index in [1.54, 1.807) is 13.8 Å². The van der Waals surface area contributed by atoms with Gasteiger partial charge in [-0.1, -0.05) is 101 Å². The molecular weight excluding hydrogens is 1760 g/mol. The second-order valence-corrected chi connectivity index (χ2v) is 8.85. The van der Waals surface area contributed by atoms with Crippen LogP contribution in [-0.4, -0.2) is 34.1 Å². The maximum atomic E-state index is 12.3. The predicted molar refractivity (Wildman–Crippen MR) is 142 cm³/mol. The zero-order valence-electron chi connectivity index (χ0n) is 24.3. The molecule has 1 rings (SSSR count). The Balaban J connectivity index is -0.0000000129. The summed E-state index contributed by atoms with van der Waals surface area (Å²) in [7, 11) is 0. The van der Waals surface area contributed by atoms with E-state index in [1.807, 2.05) is 20.8 Å². The van der Waals surface area contributed by atoms with Crippen LogP contribution in [0.15, 0.2) is 0 Å². The summed E-state index contributed by atoms with van der Waals surface area (Å²) in [6.07, 6.45) is 0.390. The summed E-state index contributed by atoms with van der Waals surface area (Å²) < 4.78 is 4.83. The number of carbonyl (C=O) groups is 4. The largest absolute Gasteiger partial charge is 0.481 e. The number of cyclic esters (lactones) is 2. The molecule has 0 amide bonds. The first-order chi connectivity index (χ1) is 11.2. The number of rotatable bonds is 7. The molecule has 0 aliphatic carbocycles. The van der Waals surface area contributed by atoms with Crippen molar-refractivity contribution >= 4 is 23.9 Å². The summed E-state index contributed by atoms with van der Waals surface area (Å²) in [6, 6.07) is 0. The predicted octanol–water partition coefficient (Wildman–Crippen LogP) is 7.63. The van der Waals surface area contributed by atoms with Crippen molar-refractivity contribution < 1.29 is 525 Å². The van der Waals surface area contributed by atoms with Crippen molar-refractivity contribution in [3.8, 4) is 0 Å². The fraction of sp³-hybridized carbons (Fsp3) is 0.846. The Bertz CT molecular complexity index is 617. The SMILES string of the molecule is C.C.C.C.C.C.C.C.CC(C(=O)O)C(CC(C)(C)C1C(=O)OC(=O)C1CC(C)(C)C)C(=O)O.[Y].[Y].[Y].[Y].[Y].[Y].[Y].[Y].[Y].[Y].[Y].[Y].[Y].[Y].[Y]. The van der Waals surface area contributed by atoms with Crippen LogP contribution < -0.4 is 0 Å². The van der Waals surface area contributed by atoms with Crippen molar-refractivity contribution in [2.45, 2.75) is 114 Å². The summed E-state index contributed by atoms with van der Waals surface area (Å²) in [5.74, 6) is -7.39. The van der Waals surface area contributed by atoms with E-state index in [2.05, 4.69) is 0 Å². The first-order valence-electron chi connectivity index (χ1n) is 8.38. The summed E-state index contributed by atoms with van der Waals surface area (Å²) >= 11 is 0. The molecule has 1 saturated heterocycles. The van der Waals surface area contributed by atoms with Crippen molar-refractivity contribution in [3.05, 3.63) is 0 Å². The van der Waals surface area contributed by atoms with Crippen molar-refractivity contribution in [1.29, 1.82) is 0 Å². The van der Waals surface area contributed by atoms with Crippen molar-refractivity contribution in [2.24, 2.45) is 34.5 Å². The molecule has 2 N–H and O–H groups in total. The molecule has 4 atom stereocenters. The van der Waals surface area contributed by atoms with Crippen LogP contribution in [0.4, 0.5) is 0 Å². The number of esters is 2. The first-order valence-corrected chi connectivity index (χ1v) is 8.38. The molecule has 1 heterocycles. The maximum absolute atomic E-state index is 12.3. The van der Waals surface area contributed by atoms with Gasteiger partial charge in [-0.25, -0.2) is 0 Å². The number of hydrogen-bond acceptors (Lipinski definition) is 5. The normalized spacial score (nSPS) is 12.5. The first kappa shape index (κ1) is 151. The molecule has 1 aliphatic rings. The van der Waals surface area contributed by atoms with Gasteiger partial charge in [-0.05, 0) is 23.7 Å². The molecule has 15 radical (unpaired) electrons. The molecular formula is C26H60O7Y15. The molecule has 0 aromatic carbocycles. The number of carboxylic acids is 2. The molecule has 4 unspecified atom stereocenters. The molecule has 22 heteroatoms. The van der Waals surface area contributed by atoms with Gasteiger partial charge in [0.2, 0.25) is 0 Å². The Morgan fingerprint density at radius 1 is 0.583 bits per heavy atom. The molecule has 0 bridgehead atoms. The van der Waals surface area contributed by atoms with Gasteiger partial charge in [-0.15, -0.1) is 0 Å². The summed E-state index contributed by atoms with van der Waals surface area (Å²) in [5, 5.41) is 18.6. The van der Waals surface area contributed by atoms with Crippen LogP contribution in [-0.2, 0) is 515 Å². The second kappa shape index (κ2) is 78.8. The van der Waals surface area contributed by atoms with E-state index in [4.69, 9.17) is 9.84 Å². The van der Waals surface area contributed by atoms with E-state index < -0.39 is 53.0 Å². The van der Waals surface area contributed by atoms with Gasteiger partial charge in [0, 0.05) is 491 Å². The quantitative estimate of drug-likeness (QED) is 0.199. The minimum absolute atomic E-state index is 0. The van der Waals surface area contributed by atoms with Crippen molar-refractivity contribution in [1.82, 2.24) is 0 Å². The van der Waals surface area contributed by atoms with Gasteiger partial charge >= 0.3 is 23.9 Å². The van der Waals surface area contributed by atoms with Crippen molar-refractivity contribution in [2.75, 3.05) is 0 Å². The van der Waals surface area contributed by atoms with E-state index in [-0.39, 0.29) is 562 Å². The van der Waals surface area contributed by atoms with Gasteiger partial charge in [0.25, 0.3) is 0 Å². The molecule has 7 nitrogen and oxygen atoms in total. The third-order valence-corrected chi connectivity index (χ3v) is 4.89. The number of aliphatic carboxylic acids is 2. The van der Waals surface area contributed by atoms with E-state index in [9.17, 15) is 24.3 Å². The topological polar surface area (TPSA) is 118 Å². The summed E-state index contributed by atoms with van der Waals surface area (Å²) in [4.78, 5) is 47.2. The molecule has 0 saturated carbocycles. The minimum Gasteiger partial charge on any atom is -0.481 e. The average molecular weight is 1820 g/mol. The zero-order chi connectivity index (χ0) is 19.7. The average Bonchev–Trinajstić information content (AvgIpc) is 2.68. The fourth-order valence-corrected chi connectivity index (χ4v) is 3.61. The summed E-state index contributed by atoms with van der Waals surface area (Å²) in [5.41, 5.74) is -1.12.